The summed E-state index contributed by atoms with van der Waals surface area (Å²) in [6.07, 6.45) is 5.37. The quantitative estimate of drug-likeness (QED) is 0.607. The molecule has 0 radical (unpaired) electrons. The zero-order valence-corrected chi connectivity index (χ0v) is 8.46. The van der Waals surface area contributed by atoms with E-state index >= 15 is 0 Å². The molecule has 0 atom stereocenters. The van der Waals surface area contributed by atoms with Gasteiger partial charge in [-0.15, -0.1) is 0 Å². The number of hydrogen-bond donors (Lipinski definition) is 1. The first kappa shape index (κ1) is 9.45. The van der Waals surface area contributed by atoms with Gasteiger partial charge in [0, 0.05) is 19.4 Å². The molecule has 0 aliphatic carbocycles. The minimum absolute atomic E-state index is 0.820. The van der Waals surface area contributed by atoms with E-state index in [1.165, 1.54) is 0 Å². The highest BCUT2D eigenvalue weighted by Gasteiger charge is 1.96. The van der Waals surface area contributed by atoms with Crippen molar-refractivity contribution in [1.29, 1.82) is 0 Å². The number of hydrazone groups is 1. The Morgan fingerprint density at radius 3 is 2.93 bits per heavy atom. The van der Waals surface area contributed by atoms with E-state index in [1.807, 2.05) is 43.6 Å². The maximum absolute atomic E-state index is 4.25. The lowest BCUT2D eigenvalue weighted by Gasteiger charge is -2.10. The van der Waals surface area contributed by atoms with Crippen LogP contribution in [0.25, 0.3) is 0 Å². The molecule has 1 N–H and O–H groups in total. The molecule has 0 aliphatic rings. The second-order valence-corrected chi connectivity index (χ2v) is 3.08. The summed E-state index contributed by atoms with van der Waals surface area (Å²) in [7, 11) is 1.86. The number of hydrogen-bond acceptors (Lipinski definition) is 3. The Kier molecular flexibility index (Phi) is 2.78. The summed E-state index contributed by atoms with van der Waals surface area (Å²) in [6, 6.07) is 9.61. The Bertz CT molecular complexity index is 419. The summed E-state index contributed by atoms with van der Waals surface area (Å²) in [6.45, 7) is 0. The Labute approximate surface area is 88.3 Å². The highest BCUT2D eigenvalue weighted by Crippen LogP contribution is 2.06. The fourth-order valence-corrected chi connectivity index (χ4v) is 1.18. The van der Waals surface area contributed by atoms with Crippen LogP contribution in [-0.2, 0) is 0 Å². The first-order chi connectivity index (χ1) is 7.36. The van der Waals surface area contributed by atoms with Crippen LogP contribution < -0.4 is 5.01 Å². The van der Waals surface area contributed by atoms with Crippen LogP contribution in [0.4, 0.5) is 5.82 Å². The van der Waals surface area contributed by atoms with Crippen molar-refractivity contribution >= 4 is 12.0 Å². The molecule has 4 heteroatoms. The van der Waals surface area contributed by atoms with Crippen molar-refractivity contribution in [2.45, 2.75) is 0 Å². The second-order valence-electron chi connectivity index (χ2n) is 3.08. The van der Waals surface area contributed by atoms with Gasteiger partial charge in [-0.25, -0.2) is 4.98 Å². The molecular weight excluding hydrogens is 188 g/mol. The fraction of sp³-hybridized carbons (Fsp3) is 0.0909. The van der Waals surface area contributed by atoms with Gasteiger partial charge in [-0.05, 0) is 24.3 Å². The average molecular weight is 200 g/mol. The van der Waals surface area contributed by atoms with Crippen molar-refractivity contribution in [2.75, 3.05) is 12.1 Å². The summed E-state index contributed by atoms with van der Waals surface area (Å²) in [5.41, 5.74) is 0.970. The van der Waals surface area contributed by atoms with E-state index in [9.17, 15) is 0 Å². The average Bonchev–Trinajstić information content (AvgIpc) is 2.80. The third kappa shape index (κ3) is 2.43. The van der Waals surface area contributed by atoms with E-state index in [0.29, 0.717) is 0 Å². The summed E-state index contributed by atoms with van der Waals surface area (Å²) >= 11 is 0. The van der Waals surface area contributed by atoms with E-state index in [-0.39, 0.29) is 0 Å². The third-order valence-electron chi connectivity index (χ3n) is 1.97. The van der Waals surface area contributed by atoms with E-state index in [2.05, 4.69) is 15.1 Å². The minimum Gasteiger partial charge on any atom is -0.360 e. The lowest BCUT2D eigenvalue weighted by atomic mass is 10.4. The molecule has 0 aromatic carbocycles. The first-order valence-electron chi connectivity index (χ1n) is 4.68. The molecule has 0 spiro atoms. The van der Waals surface area contributed by atoms with E-state index in [4.69, 9.17) is 0 Å². The molecule has 0 saturated carbocycles. The van der Waals surface area contributed by atoms with Gasteiger partial charge in [0.15, 0.2) is 0 Å². The number of anilines is 1. The van der Waals surface area contributed by atoms with Gasteiger partial charge in [0.25, 0.3) is 0 Å². The van der Waals surface area contributed by atoms with Gasteiger partial charge in [-0.1, -0.05) is 6.07 Å². The maximum atomic E-state index is 4.25. The summed E-state index contributed by atoms with van der Waals surface area (Å²) < 4.78 is 0. The lowest BCUT2D eigenvalue weighted by Crippen LogP contribution is -2.10. The number of pyridine rings is 1. The van der Waals surface area contributed by atoms with E-state index in [1.54, 1.807) is 17.4 Å². The van der Waals surface area contributed by atoms with Gasteiger partial charge >= 0.3 is 0 Å². The monoisotopic (exact) mass is 200 g/mol. The number of H-pyrrole nitrogens is 1. The van der Waals surface area contributed by atoms with E-state index in [0.717, 1.165) is 11.5 Å². The molecule has 0 bridgehead atoms. The van der Waals surface area contributed by atoms with Gasteiger partial charge < -0.3 is 4.98 Å². The zero-order valence-electron chi connectivity index (χ0n) is 8.46. The fourth-order valence-electron chi connectivity index (χ4n) is 1.18. The smallest absolute Gasteiger partial charge is 0.148 e. The highest BCUT2D eigenvalue weighted by molar-refractivity contribution is 5.77. The molecule has 0 aliphatic heterocycles. The Hall–Kier alpha value is -2.10. The number of aromatic amines is 1. The minimum atomic E-state index is 0.820. The van der Waals surface area contributed by atoms with Crippen LogP contribution in [-0.4, -0.2) is 23.2 Å². The topological polar surface area (TPSA) is 44.3 Å². The lowest BCUT2D eigenvalue weighted by molar-refractivity contribution is 0.982. The van der Waals surface area contributed by atoms with Gasteiger partial charge in [0.1, 0.15) is 5.82 Å². The largest absolute Gasteiger partial charge is 0.360 e. The summed E-state index contributed by atoms with van der Waals surface area (Å²) in [4.78, 5) is 7.23. The maximum Gasteiger partial charge on any atom is 0.148 e. The van der Waals surface area contributed by atoms with Gasteiger partial charge in [0.05, 0.1) is 11.9 Å². The van der Waals surface area contributed by atoms with Crippen LogP contribution in [0, 0.1) is 0 Å². The highest BCUT2D eigenvalue weighted by atomic mass is 15.5. The van der Waals surface area contributed by atoms with E-state index < -0.39 is 0 Å². The number of nitrogens with one attached hydrogen (secondary N) is 1. The molecule has 2 rings (SSSR count). The summed E-state index contributed by atoms with van der Waals surface area (Å²) in [5.74, 6) is 0.820. The molecule has 2 aromatic rings. The van der Waals surface area contributed by atoms with Crippen molar-refractivity contribution in [3.8, 4) is 0 Å². The van der Waals surface area contributed by atoms with Crippen LogP contribution in [0.15, 0.2) is 47.8 Å². The normalized spacial score (nSPS) is 10.7. The molecule has 15 heavy (non-hydrogen) atoms. The second kappa shape index (κ2) is 4.41. The van der Waals surface area contributed by atoms with Crippen molar-refractivity contribution < 1.29 is 0 Å². The standard InChI is InChI=1S/C11H12N4/c1-15(11-6-2-3-7-13-11)14-9-10-5-4-8-12-10/h2-9,12H,1H3/b14-9+. The van der Waals surface area contributed by atoms with Gasteiger partial charge in [0.2, 0.25) is 0 Å². The number of nitrogens with zero attached hydrogens (tertiary/aromatic N) is 3. The van der Waals surface area contributed by atoms with Crippen molar-refractivity contribution in [3.05, 3.63) is 48.4 Å². The molecular formula is C11H12N4. The van der Waals surface area contributed by atoms with Crippen molar-refractivity contribution in [1.82, 2.24) is 9.97 Å². The van der Waals surface area contributed by atoms with Crippen molar-refractivity contribution in [2.24, 2.45) is 5.10 Å². The Morgan fingerprint density at radius 2 is 2.27 bits per heavy atom. The molecule has 76 valence electrons. The molecule has 0 unspecified atom stereocenters. The van der Waals surface area contributed by atoms with Crippen LogP contribution in [0.2, 0.25) is 0 Å². The predicted octanol–water partition coefficient (Wildman–Crippen LogP) is 1.88. The molecule has 2 heterocycles. The van der Waals surface area contributed by atoms with Crippen molar-refractivity contribution in [3.63, 3.8) is 0 Å². The molecule has 0 amide bonds. The van der Waals surface area contributed by atoms with Crippen LogP contribution in [0.1, 0.15) is 5.69 Å². The zero-order chi connectivity index (χ0) is 10.5. The SMILES string of the molecule is CN(/N=C/c1ccc[nH]1)c1ccccn1. The number of rotatable bonds is 3. The predicted molar refractivity (Wildman–Crippen MR) is 61.0 cm³/mol. The summed E-state index contributed by atoms with van der Waals surface area (Å²) in [5, 5.41) is 5.97. The number of aromatic nitrogens is 2. The van der Waals surface area contributed by atoms with Crippen LogP contribution in [0.3, 0.4) is 0 Å². The van der Waals surface area contributed by atoms with Gasteiger partial charge in [-0.2, -0.15) is 5.10 Å². The Balaban J connectivity index is 2.07. The Morgan fingerprint density at radius 1 is 1.33 bits per heavy atom. The van der Waals surface area contributed by atoms with Gasteiger partial charge in [-0.3, -0.25) is 5.01 Å². The molecule has 4 nitrogen and oxygen atoms in total. The van der Waals surface area contributed by atoms with Crippen LogP contribution in [0.5, 0.6) is 0 Å². The third-order valence-corrected chi connectivity index (χ3v) is 1.97. The molecule has 2 aromatic heterocycles. The molecule has 0 saturated heterocycles. The van der Waals surface area contributed by atoms with Crippen LogP contribution >= 0.6 is 0 Å². The first-order valence-corrected chi connectivity index (χ1v) is 4.68. The molecule has 0 fully saturated rings.